The number of nitrogens with zero attached hydrogens (tertiary/aromatic N) is 3. The second-order valence-corrected chi connectivity index (χ2v) is 10.4. The van der Waals surface area contributed by atoms with Crippen molar-refractivity contribution < 1.29 is 17.9 Å². The van der Waals surface area contributed by atoms with Crippen LogP contribution in [0.5, 0.6) is 5.75 Å². The lowest BCUT2D eigenvalue weighted by atomic mass is 10.1. The van der Waals surface area contributed by atoms with Crippen molar-refractivity contribution in [1.82, 2.24) is 14.3 Å². The Bertz CT molecular complexity index is 1060. The second kappa shape index (κ2) is 10.6. The van der Waals surface area contributed by atoms with E-state index in [1.807, 2.05) is 20.1 Å². The van der Waals surface area contributed by atoms with E-state index in [2.05, 4.69) is 15.3 Å². The van der Waals surface area contributed by atoms with Crippen LogP contribution in [0.2, 0.25) is 0 Å². The van der Waals surface area contributed by atoms with Gasteiger partial charge in [0.2, 0.25) is 15.9 Å². The molecule has 1 amide bonds. The molecule has 2 heterocycles. The number of aryl methyl sites for hydroxylation is 2. The van der Waals surface area contributed by atoms with Gasteiger partial charge in [0.05, 0.1) is 17.7 Å². The SMILES string of the molecule is COc1ccc(S(=O)(=O)N2CCCCC2)cc1NC(=O)CCc1c(C)nc(SC)nc1C. The fourth-order valence-electron chi connectivity index (χ4n) is 3.81. The maximum atomic E-state index is 13.0. The topological polar surface area (TPSA) is 101 Å². The van der Waals surface area contributed by atoms with Gasteiger partial charge in [-0.1, -0.05) is 18.2 Å². The van der Waals surface area contributed by atoms with Crippen molar-refractivity contribution >= 4 is 33.4 Å². The number of nitrogens with one attached hydrogen (secondary N) is 1. The number of benzene rings is 1. The number of rotatable bonds is 8. The highest BCUT2D eigenvalue weighted by atomic mass is 32.2. The molecule has 0 unspecified atom stereocenters. The molecule has 0 radical (unpaired) electrons. The van der Waals surface area contributed by atoms with E-state index in [0.717, 1.165) is 36.2 Å². The fourth-order valence-corrected chi connectivity index (χ4v) is 5.81. The summed E-state index contributed by atoms with van der Waals surface area (Å²) in [6, 6.07) is 4.58. The quantitative estimate of drug-likeness (QED) is 0.457. The van der Waals surface area contributed by atoms with Crippen LogP contribution >= 0.6 is 11.8 Å². The van der Waals surface area contributed by atoms with Gasteiger partial charge in [0.15, 0.2) is 5.16 Å². The van der Waals surface area contributed by atoms with Crippen molar-refractivity contribution in [2.24, 2.45) is 0 Å². The molecule has 2 aromatic rings. The standard InChI is InChI=1S/C22H30N4O4S2/c1-15-18(16(2)24-22(23-15)31-4)9-11-21(27)25-19-14-17(8-10-20(19)30-3)32(28,29)26-12-6-5-7-13-26/h8,10,14H,5-7,9,11-13H2,1-4H3,(H,25,27). The van der Waals surface area contributed by atoms with E-state index >= 15 is 0 Å². The minimum Gasteiger partial charge on any atom is -0.495 e. The zero-order valence-electron chi connectivity index (χ0n) is 19.0. The molecule has 174 valence electrons. The van der Waals surface area contributed by atoms with E-state index in [9.17, 15) is 13.2 Å². The van der Waals surface area contributed by atoms with Crippen LogP contribution in [0, 0.1) is 13.8 Å². The third-order valence-corrected chi connectivity index (χ3v) is 8.03. The summed E-state index contributed by atoms with van der Waals surface area (Å²) in [5.74, 6) is 0.180. The van der Waals surface area contributed by atoms with Gasteiger partial charge >= 0.3 is 0 Å². The fraction of sp³-hybridized carbons (Fsp3) is 0.500. The molecule has 0 aliphatic carbocycles. The van der Waals surface area contributed by atoms with Crippen LogP contribution in [-0.2, 0) is 21.2 Å². The summed E-state index contributed by atoms with van der Waals surface area (Å²) < 4.78 is 32.9. The van der Waals surface area contributed by atoms with Gasteiger partial charge in [0, 0.05) is 30.9 Å². The van der Waals surface area contributed by atoms with Crippen molar-refractivity contribution in [1.29, 1.82) is 0 Å². The molecular weight excluding hydrogens is 448 g/mol. The lowest BCUT2D eigenvalue weighted by molar-refractivity contribution is -0.116. The number of sulfonamides is 1. The molecule has 1 aromatic carbocycles. The van der Waals surface area contributed by atoms with Crippen LogP contribution in [0.3, 0.4) is 0 Å². The Morgan fingerprint density at radius 1 is 1.16 bits per heavy atom. The van der Waals surface area contributed by atoms with E-state index in [1.54, 1.807) is 6.07 Å². The van der Waals surface area contributed by atoms with Crippen LogP contribution in [0.25, 0.3) is 0 Å². The molecule has 8 nitrogen and oxygen atoms in total. The molecule has 1 saturated heterocycles. The largest absolute Gasteiger partial charge is 0.495 e. The van der Waals surface area contributed by atoms with E-state index in [4.69, 9.17) is 4.74 Å². The van der Waals surface area contributed by atoms with Crippen molar-refractivity contribution in [3.8, 4) is 5.75 Å². The number of ether oxygens (including phenoxy) is 1. The van der Waals surface area contributed by atoms with E-state index in [0.29, 0.717) is 36.1 Å². The number of piperidine rings is 1. The predicted molar refractivity (Wildman–Crippen MR) is 126 cm³/mol. The Hall–Kier alpha value is -2.17. The average molecular weight is 479 g/mol. The predicted octanol–water partition coefficient (Wildman–Crippen LogP) is 3.57. The molecular formula is C22H30N4O4S2. The number of carbonyl (C=O) groups is 1. The highest BCUT2D eigenvalue weighted by Gasteiger charge is 2.27. The monoisotopic (exact) mass is 478 g/mol. The molecule has 0 atom stereocenters. The number of hydrogen-bond acceptors (Lipinski definition) is 7. The summed E-state index contributed by atoms with van der Waals surface area (Å²) in [5, 5.41) is 3.53. The van der Waals surface area contributed by atoms with Crippen molar-refractivity contribution in [2.45, 2.75) is 56.0 Å². The number of methoxy groups -OCH3 is 1. The molecule has 1 fully saturated rings. The summed E-state index contributed by atoms with van der Waals surface area (Å²) in [6.45, 7) is 4.87. The third kappa shape index (κ3) is 5.60. The number of aromatic nitrogens is 2. The molecule has 1 aliphatic heterocycles. The molecule has 10 heteroatoms. The summed E-state index contributed by atoms with van der Waals surface area (Å²) >= 11 is 1.48. The van der Waals surface area contributed by atoms with Gasteiger partial charge in [-0.25, -0.2) is 18.4 Å². The highest BCUT2D eigenvalue weighted by Crippen LogP contribution is 2.30. The normalized spacial score (nSPS) is 14.9. The summed E-state index contributed by atoms with van der Waals surface area (Å²) in [7, 11) is -2.12. The zero-order chi connectivity index (χ0) is 23.3. The Labute approximate surface area is 194 Å². The zero-order valence-corrected chi connectivity index (χ0v) is 20.6. The highest BCUT2D eigenvalue weighted by molar-refractivity contribution is 7.98. The molecule has 1 N–H and O–H groups in total. The number of anilines is 1. The smallest absolute Gasteiger partial charge is 0.243 e. The van der Waals surface area contributed by atoms with Gasteiger partial charge in [-0.15, -0.1) is 0 Å². The first-order valence-corrected chi connectivity index (χ1v) is 13.3. The van der Waals surface area contributed by atoms with Crippen LogP contribution < -0.4 is 10.1 Å². The van der Waals surface area contributed by atoms with Crippen LogP contribution in [-0.4, -0.2) is 55.1 Å². The van der Waals surface area contributed by atoms with Gasteiger partial charge in [-0.2, -0.15) is 4.31 Å². The Balaban J connectivity index is 1.75. The van der Waals surface area contributed by atoms with Crippen LogP contribution in [0.1, 0.15) is 42.6 Å². The first-order valence-electron chi connectivity index (χ1n) is 10.6. The minimum atomic E-state index is -3.61. The summed E-state index contributed by atoms with van der Waals surface area (Å²) in [5.41, 5.74) is 3.02. The van der Waals surface area contributed by atoms with E-state index < -0.39 is 10.0 Å². The van der Waals surface area contributed by atoms with Gasteiger partial charge in [0.25, 0.3) is 0 Å². The summed E-state index contributed by atoms with van der Waals surface area (Å²) in [4.78, 5) is 21.8. The average Bonchev–Trinajstić information content (AvgIpc) is 2.78. The Morgan fingerprint density at radius 2 is 1.81 bits per heavy atom. The first kappa shape index (κ1) is 24.5. The molecule has 0 spiro atoms. The van der Waals surface area contributed by atoms with Crippen molar-refractivity contribution in [3.63, 3.8) is 0 Å². The lowest BCUT2D eigenvalue weighted by Gasteiger charge is -2.26. The Morgan fingerprint density at radius 3 is 2.41 bits per heavy atom. The third-order valence-electron chi connectivity index (χ3n) is 5.58. The van der Waals surface area contributed by atoms with Gasteiger partial charge in [-0.05, 0) is 63.1 Å². The summed E-state index contributed by atoms with van der Waals surface area (Å²) in [6.07, 6.45) is 5.40. The number of thioether (sulfide) groups is 1. The van der Waals surface area contributed by atoms with Crippen LogP contribution in [0.4, 0.5) is 5.69 Å². The van der Waals surface area contributed by atoms with Crippen molar-refractivity contribution in [2.75, 3.05) is 31.8 Å². The van der Waals surface area contributed by atoms with E-state index in [-0.39, 0.29) is 17.2 Å². The molecule has 0 bridgehead atoms. The number of carbonyl (C=O) groups excluding carboxylic acids is 1. The van der Waals surface area contributed by atoms with Gasteiger partial charge in [-0.3, -0.25) is 4.79 Å². The lowest BCUT2D eigenvalue weighted by Crippen LogP contribution is -2.35. The van der Waals surface area contributed by atoms with Crippen LogP contribution in [0.15, 0.2) is 28.3 Å². The number of hydrogen-bond donors (Lipinski definition) is 1. The second-order valence-electron chi connectivity index (χ2n) is 7.73. The number of amides is 1. The molecule has 1 aliphatic rings. The van der Waals surface area contributed by atoms with Crippen molar-refractivity contribution in [3.05, 3.63) is 35.2 Å². The maximum Gasteiger partial charge on any atom is 0.243 e. The molecule has 1 aromatic heterocycles. The maximum absolute atomic E-state index is 13.0. The minimum absolute atomic E-state index is 0.156. The van der Waals surface area contributed by atoms with Gasteiger partial charge < -0.3 is 10.1 Å². The van der Waals surface area contributed by atoms with E-state index in [1.165, 1.54) is 35.3 Å². The molecule has 32 heavy (non-hydrogen) atoms. The van der Waals surface area contributed by atoms with Gasteiger partial charge in [0.1, 0.15) is 5.75 Å². The first-order chi connectivity index (χ1) is 15.3. The molecule has 3 rings (SSSR count). The molecule has 0 saturated carbocycles. The Kier molecular flexibility index (Phi) is 8.13.